The SMILES string of the molecule is NC(CC1CC1)c1cc(O)cc(F)c1. The van der Waals surface area contributed by atoms with Gasteiger partial charge in [-0.3, -0.25) is 0 Å². The maximum absolute atomic E-state index is 12.9. The number of benzene rings is 1. The predicted octanol–water partition coefficient (Wildman–Crippen LogP) is 2.33. The molecule has 0 amide bonds. The minimum atomic E-state index is -0.425. The lowest BCUT2D eigenvalue weighted by molar-refractivity contribution is 0.465. The highest BCUT2D eigenvalue weighted by Gasteiger charge is 2.24. The third kappa shape index (κ3) is 2.23. The molecule has 0 spiro atoms. The van der Waals surface area contributed by atoms with Crippen LogP contribution in [0.5, 0.6) is 5.75 Å². The summed E-state index contributed by atoms with van der Waals surface area (Å²) in [6, 6.07) is 3.88. The van der Waals surface area contributed by atoms with Crippen LogP contribution < -0.4 is 5.73 Å². The predicted molar refractivity (Wildman–Crippen MR) is 52.3 cm³/mol. The molecular weight excluding hydrogens is 181 g/mol. The number of phenols is 1. The third-order valence-electron chi connectivity index (χ3n) is 2.62. The number of aromatic hydroxyl groups is 1. The van der Waals surface area contributed by atoms with E-state index in [4.69, 9.17) is 5.73 Å². The van der Waals surface area contributed by atoms with E-state index in [1.165, 1.54) is 25.0 Å². The highest BCUT2D eigenvalue weighted by molar-refractivity contribution is 5.30. The second-order valence-corrected chi connectivity index (χ2v) is 4.03. The van der Waals surface area contributed by atoms with E-state index in [-0.39, 0.29) is 11.8 Å². The Hall–Kier alpha value is -1.09. The van der Waals surface area contributed by atoms with Crippen LogP contribution in [-0.2, 0) is 0 Å². The zero-order chi connectivity index (χ0) is 10.1. The Labute approximate surface area is 82.5 Å². The quantitative estimate of drug-likeness (QED) is 0.777. The van der Waals surface area contributed by atoms with E-state index >= 15 is 0 Å². The van der Waals surface area contributed by atoms with Crippen LogP contribution in [0.4, 0.5) is 4.39 Å². The van der Waals surface area contributed by atoms with Crippen LogP contribution >= 0.6 is 0 Å². The molecule has 3 N–H and O–H groups in total. The van der Waals surface area contributed by atoms with Crippen molar-refractivity contribution in [3.63, 3.8) is 0 Å². The number of rotatable bonds is 3. The molecule has 1 saturated carbocycles. The van der Waals surface area contributed by atoms with E-state index in [0.717, 1.165) is 12.5 Å². The van der Waals surface area contributed by atoms with Gasteiger partial charge in [0.1, 0.15) is 11.6 Å². The Balaban J connectivity index is 2.12. The second-order valence-electron chi connectivity index (χ2n) is 4.03. The molecule has 0 radical (unpaired) electrons. The number of phenolic OH excluding ortho intramolecular Hbond substituents is 1. The summed E-state index contributed by atoms with van der Waals surface area (Å²) in [5, 5.41) is 9.20. The summed E-state index contributed by atoms with van der Waals surface area (Å²) in [5.41, 5.74) is 6.59. The van der Waals surface area contributed by atoms with Gasteiger partial charge in [-0.1, -0.05) is 12.8 Å². The van der Waals surface area contributed by atoms with Crippen molar-refractivity contribution in [3.05, 3.63) is 29.6 Å². The Kier molecular flexibility index (Phi) is 2.42. The lowest BCUT2D eigenvalue weighted by Gasteiger charge is -2.11. The third-order valence-corrected chi connectivity index (χ3v) is 2.62. The molecule has 0 heterocycles. The molecule has 1 aromatic carbocycles. The average molecular weight is 195 g/mol. The van der Waals surface area contributed by atoms with E-state index in [1.807, 2.05) is 0 Å². The van der Waals surface area contributed by atoms with Crippen molar-refractivity contribution in [2.24, 2.45) is 11.7 Å². The van der Waals surface area contributed by atoms with Crippen molar-refractivity contribution in [1.29, 1.82) is 0 Å². The standard InChI is InChI=1S/C11H14FNO/c12-9-4-8(5-10(14)6-9)11(13)3-7-1-2-7/h4-7,11,14H,1-3,13H2. The minimum Gasteiger partial charge on any atom is -0.508 e. The maximum atomic E-state index is 12.9. The molecule has 1 fully saturated rings. The second kappa shape index (κ2) is 3.58. The van der Waals surface area contributed by atoms with Gasteiger partial charge in [0, 0.05) is 12.1 Å². The monoisotopic (exact) mass is 195 g/mol. The summed E-state index contributed by atoms with van der Waals surface area (Å²) >= 11 is 0. The van der Waals surface area contributed by atoms with Gasteiger partial charge in [-0.15, -0.1) is 0 Å². The van der Waals surface area contributed by atoms with Gasteiger partial charge >= 0.3 is 0 Å². The Morgan fingerprint density at radius 1 is 1.43 bits per heavy atom. The van der Waals surface area contributed by atoms with E-state index in [0.29, 0.717) is 11.5 Å². The molecule has 1 aliphatic carbocycles. The molecule has 14 heavy (non-hydrogen) atoms. The van der Waals surface area contributed by atoms with Gasteiger partial charge in [-0.05, 0) is 30.0 Å². The summed E-state index contributed by atoms with van der Waals surface area (Å²) in [5.74, 6) is 0.230. The van der Waals surface area contributed by atoms with Gasteiger partial charge in [0.25, 0.3) is 0 Å². The molecule has 1 aromatic rings. The molecule has 2 nitrogen and oxygen atoms in total. The summed E-state index contributed by atoms with van der Waals surface area (Å²) in [6.45, 7) is 0. The molecule has 76 valence electrons. The lowest BCUT2D eigenvalue weighted by Crippen LogP contribution is -2.11. The van der Waals surface area contributed by atoms with Crippen LogP contribution in [-0.4, -0.2) is 5.11 Å². The van der Waals surface area contributed by atoms with Gasteiger partial charge in [0.15, 0.2) is 0 Å². The van der Waals surface area contributed by atoms with Crippen molar-refractivity contribution in [3.8, 4) is 5.75 Å². The van der Waals surface area contributed by atoms with E-state index in [1.54, 1.807) is 0 Å². The lowest BCUT2D eigenvalue weighted by atomic mass is 10.0. The van der Waals surface area contributed by atoms with Crippen LogP contribution in [0.2, 0.25) is 0 Å². The van der Waals surface area contributed by atoms with Gasteiger partial charge in [0.05, 0.1) is 0 Å². The van der Waals surface area contributed by atoms with Crippen LogP contribution in [0.25, 0.3) is 0 Å². The zero-order valence-electron chi connectivity index (χ0n) is 7.91. The molecule has 2 rings (SSSR count). The highest BCUT2D eigenvalue weighted by Crippen LogP contribution is 2.37. The van der Waals surface area contributed by atoms with Gasteiger partial charge in [-0.25, -0.2) is 4.39 Å². The number of hydrogen-bond acceptors (Lipinski definition) is 2. The molecule has 0 saturated heterocycles. The number of hydrogen-bond donors (Lipinski definition) is 2. The number of halogens is 1. The van der Waals surface area contributed by atoms with E-state index < -0.39 is 5.82 Å². The fourth-order valence-corrected chi connectivity index (χ4v) is 1.66. The van der Waals surface area contributed by atoms with Crippen LogP contribution in [0.1, 0.15) is 30.9 Å². The van der Waals surface area contributed by atoms with Gasteiger partial charge in [-0.2, -0.15) is 0 Å². The molecule has 0 aliphatic heterocycles. The van der Waals surface area contributed by atoms with E-state index in [9.17, 15) is 9.50 Å². The van der Waals surface area contributed by atoms with Crippen LogP contribution in [0.3, 0.4) is 0 Å². The van der Waals surface area contributed by atoms with Crippen molar-refractivity contribution < 1.29 is 9.50 Å². The smallest absolute Gasteiger partial charge is 0.127 e. The van der Waals surface area contributed by atoms with Crippen molar-refractivity contribution in [2.45, 2.75) is 25.3 Å². The van der Waals surface area contributed by atoms with Crippen molar-refractivity contribution in [1.82, 2.24) is 0 Å². The average Bonchev–Trinajstić information content (AvgIpc) is 2.86. The van der Waals surface area contributed by atoms with Crippen LogP contribution in [0, 0.1) is 11.7 Å². The minimum absolute atomic E-state index is 0.0498. The molecule has 1 unspecified atom stereocenters. The topological polar surface area (TPSA) is 46.2 Å². The van der Waals surface area contributed by atoms with E-state index in [2.05, 4.69) is 0 Å². The first-order valence-corrected chi connectivity index (χ1v) is 4.90. The summed E-state index contributed by atoms with van der Waals surface area (Å²) in [7, 11) is 0. The number of nitrogens with two attached hydrogens (primary N) is 1. The molecular formula is C11H14FNO. The molecule has 3 heteroatoms. The molecule has 0 aromatic heterocycles. The largest absolute Gasteiger partial charge is 0.508 e. The van der Waals surface area contributed by atoms with Gasteiger partial charge in [0.2, 0.25) is 0 Å². The summed E-state index contributed by atoms with van der Waals surface area (Å²) in [4.78, 5) is 0. The first-order valence-electron chi connectivity index (χ1n) is 4.90. The van der Waals surface area contributed by atoms with Crippen LogP contribution in [0.15, 0.2) is 18.2 Å². The maximum Gasteiger partial charge on any atom is 0.127 e. The fraction of sp³-hybridized carbons (Fsp3) is 0.455. The fourth-order valence-electron chi connectivity index (χ4n) is 1.66. The summed E-state index contributed by atoms with van der Waals surface area (Å²) < 4.78 is 12.9. The normalized spacial score (nSPS) is 18.1. The Morgan fingerprint density at radius 2 is 2.14 bits per heavy atom. The van der Waals surface area contributed by atoms with Crippen molar-refractivity contribution >= 4 is 0 Å². The van der Waals surface area contributed by atoms with Crippen molar-refractivity contribution in [2.75, 3.05) is 0 Å². The first-order chi connectivity index (χ1) is 6.65. The molecule has 1 atom stereocenters. The van der Waals surface area contributed by atoms with Gasteiger partial charge < -0.3 is 10.8 Å². The first kappa shape index (κ1) is 9.46. The summed E-state index contributed by atoms with van der Waals surface area (Å²) in [6.07, 6.45) is 3.35. The zero-order valence-corrected chi connectivity index (χ0v) is 7.91. The Bertz CT molecular complexity index is 316. The Morgan fingerprint density at radius 3 is 2.71 bits per heavy atom. The molecule has 1 aliphatic rings. The molecule has 0 bridgehead atoms. The highest BCUT2D eigenvalue weighted by atomic mass is 19.1.